The van der Waals surface area contributed by atoms with Crippen LogP contribution in [0.3, 0.4) is 0 Å². The number of carboxylic acid groups (broad SMARTS) is 1. The second-order valence-electron chi connectivity index (χ2n) is 6.58. The summed E-state index contributed by atoms with van der Waals surface area (Å²) in [5, 5.41) is 8.34. The third kappa shape index (κ3) is 5.67. The summed E-state index contributed by atoms with van der Waals surface area (Å²) in [6, 6.07) is 7.52. The summed E-state index contributed by atoms with van der Waals surface area (Å²) in [6.07, 6.45) is -9.12. The normalized spacial score (nSPS) is 13.0. The number of hydrogen-bond donors (Lipinski definition) is 1. The van der Waals surface area contributed by atoms with Gasteiger partial charge in [-0.1, -0.05) is 29.8 Å². The van der Waals surface area contributed by atoms with Crippen molar-refractivity contribution < 1.29 is 63.7 Å². The van der Waals surface area contributed by atoms with Gasteiger partial charge < -0.3 is 24.1 Å². The fourth-order valence-electron chi connectivity index (χ4n) is 2.85. The number of halogens is 8. The Morgan fingerprint density at radius 1 is 1.00 bits per heavy atom. The molecule has 0 aromatic heterocycles. The molecule has 3 aromatic carbocycles. The zero-order valence-corrected chi connectivity index (χ0v) is 17.9. The third-order valence-corrected chi connectivity index (χ3v) is 4.58. The summed E-state index contributed by atoms with van der Waals surface area (Å²) < 4.78 is 136. The standard InChI is InChI=1S/C22H12ClF7O6/c1-33-18-12(35-11-7-10(23)14(20(26)27)16(24)15(11)21(31)32)8-13(34-9-5-3-2-4-6-9)19(17(18)25)36-22(28,29)30/h2-8,20H,1H3,(H,31,32)/i1D3. The topological polar surface area (TPSA) is 74.2 Å². The van der Waals surface area contributed by atoms with Crippen LogP contribution in [0.25, 0.3) is 0 Å². The van der Waals surface area contributed by atoms with Crippen LogP contribution in [0, 0.1) is 11.6 Å². The van der Waals surface area contributed by atoms with E-state index in [1.165, 1.54) is 30.3 Å². The zero-order chi connectivity index (χ0) is 29.3. The summed E-state index contributed by atoms with van der Waals surface area (Å²) >= 11 is 5.63. The molecule has 36 heavy (non-hydrogen) atoms. The third-order valence-electron chi connectivity index (χ3n) is 4.27. The minimum absolute atomic E-state index is 0.180. The Balaban J connectivity index is 2.31. The van der Waals surface area contributed by atoms with Gasteiger partial charge in [0.2, 0.25) is 17.3 Å². The van der Waals surface area contributed by atoms with Gasteiger partial charge in [-0.25, -0.2) is 18.0 Å². The van der Waals surface area contributed by atoms with E-state index in [1.807, 2.05) is 0 Å². The maximum atomic E-state index is 15.4. The molecule has 0 radical (unpaired) electrons. The monoisotopic (exact) mass is 543 g/mol. The summed E-state index contributed by atoms with van der Waals surface area (Å²) in [5.41, 5.74) is -3.07. The lowest BCUT2D eigenvalue weighted by Crippen LogP contribution is -2.19. The predicted octanol–water partition coefficient (Wildman–Crippen LogP) is 7.75. The van der Waals surface area contributed by atoms with E-state index in [1.54, 1.807) is 0 Å². The average molecular weight is 544 g/mol. The van der Waals surface area contributed by atoms with E-state index in [4.69, 9.17) is 25.2 Å². The average Bonchev–Trinajstić information content (AvgIpc) is 2.77. The fraction of sp³-hybridized carbons (Fsp3) is 0.136. The Morgan fingerprint density at radius 2 is 1.64 bits per heavy atom. The van der Waals surface area contributed by atoms with Gasteiger partial charge in [-0.2, -0.15) is 4.39 Å². The van der Waals surface area contributed by atoms with Gasteiger partial charge in [0.15, 0.2) is 17.3 Å². The van der Waals surface area contributed by atoms with E-state index in [9.17, 15) is 36.2 Å². The molecule has 0 aliphatic rings. The molecule has 14 heteroatoms. The van der Waals surface area contributed by atoms with Crippen molar-refractivity contribution in [1.29, 1.82) is 0 Å². The van der Waals surface area contributed by atoms with Crippen molar-refractivity contribution in [3.05, 3.63) is 70.2 Å². The van der Waals surface area contributed by atoms with E-state index in [-0.39, 0.29) is 5.75 Å². The highest BCUT2D eigenvalue weighted by Gasteiger charge is 2.37. The highest BCUT2D eigenvalue weighted by atomic mass is 35.5. The predicted molar refractivity (Wildman–Crippen MR) is 110 cm³/mol. The van der Waals surface area contributed by atoms with E-state index in [2.05, 4.69) is 9.47 Å². The van der Waals surface area contributed by atoms with Crippen LogP contribution in [-0.2, 0) is 0 Å². The maximum Gasteiger partial charge on any atom is 0.573 e. The van der Waals surface area contributed by atoms with Gasteiger partial charge in [-0.05, 0) is 12.1 Å². The summed E-state index contributed by atoms with van der Waals surface area (Å²) in [6.45, 7) is 0. The molecule has 0 fully saturated rings. The summed E-state index contributed by atoms with van der Waals surface area (Å²) in [4.78, 5) is 11.6. The minimum Gasteiger partial charge on any atom is -0.490 e. The first-order valence-corrected chi connectivity index (χ1v) is 9.61. The highest BCUT2D eigenvalue weighted by molar-refractivity contribution is 6.31. The Hall–Kier alpha value is -3.87. The Labute approximate surface area is 206 Å². The number of benzene rings is 3. The molecular formula is C22H12ClF7O6. The van der Waals surface area contributed by atoms with Gasteiger partial charge in [0.05, 0.1) is 21.7 Å². The van der Waals surface area contributed by atoms with Crippen molar-refractivity contribution >= 4 is 17.6 Å². The molecule has 192 valence electrons. The van der Waals surface area contributed by atoms with Crippen LogP contribution in [-0.4, -0.2) is 24.5 Å². The van der Waals surface area contributed by atoms with Crippen molar-refractivity contribution in [3.8, 4) is 34.5 Å². The lowest BCUT2D eigenvalue weighted by Gasteiger charge is -2.20. The number of ether oxygens (including phenoxy) is 4. The molecular weight excluding hydrogens is 529 g/mol. The molecule has 0 amide bonds. The fourth-order valence-corrected chi connectivity index (χ4v) is 3.12. The van der Waals surface area contributed by atoms with Gasteiger partial charge in [0.1, 0.15) is 17.1 Å². The summed E-state index contributed by atoms with van der Waals surface area (Å²) in [7, 11) is -3.53. The SMILES string of the molecule is [2H]C([2H])([2H])Oc1c(Oc2cc(Cl)c(C(F)F)c(F)c2C(=O)O)cc(Oc2ccccc2)c(OC(F)(F)F)c1F. The Morgan fingerprint density at radius 3 is 2.19 bits per heavy atom. The largest absolute Gasteiger partial charge is 0.573 e. The Bertz CT molecular complexity index is 1390. The van der Waals surface area contributed by atoms with Crippen molar-refractivity contribution in [3.63, 3.8) is 0 Å². The molecule has 0 unspecified atom stereocenters. The van der Waals surface area contributed by atoms with Crippen LogP contribution >= 0.6 is 11.6 Å². The molecule has 0 spiro atoms. The van der Waals surface area contributed by atoms with E-state index in [0.29, 0.717) is 12.1 Å². The van der Waals surface area contributed by atoms with Gasteiger partial charge in [0, 0.05) is 12.1 Å². The number of carbonyl (C=O) groups is 1. The number of rotatable bonds is 8. The second-order valence-corrected chi connectivity index (χ2v) is 6.98. The van der Waals surface area contributed by atoms with Crippen LogP contribution in [0.2, 0.25) is 5.02 Å². The first-order valence-electron chi connectivity index (χ1n) is 10.7. The smallest absolute Gasteiger partial charge is 0.490 e. The van der Waals surface area contributed by atoms with Crippen LogP contribution in [0.4, 0.5) is 30.7 Å². The number of aromatic carboxylic acids is 1. The Kier molecular flexibility index (Phi) is 6.52. The number of hydrogen-bond acceptors (Lipinski definition) is 5. The highest BCUT2D eigenvalue weighted by Crippen LogP contribution is 2.48. The molecule has 6 nitrogen and oxygen atoms in total. The van der Waals surface area contributed by atoms with E-state index < -0.39 is 82.3 Å². The number of methoxy groups -OCH3 is 1. The van der Waals surface area contributed by atoms with Crippen molar-refractivity contribution in [1.82, 2.24) is 0 Å². The molecule has 0 saturated carbocycles. The van der Waals surface area contributed by atoms with E-state index in [0.717, 1.165) is 0 Å². The minimum atomic E-state index is -5.53. The van der Waals surface area contributed by atoms with Crippen LogP contribution in [0.5, 0.6) is 34.5 Å². The van der Waals surface area contributed by atoms with Gasteiger partial charge in [-0.15, -0.1) is 13.2 Å². The molecule has 0 aliphatic heterocycles. The second kappa shape index (κ2) is 10.4. The maximum absolute atomic E-state index is 15.4. The van der Waals surface area contributed by atoms with Gasteiger partial charge >= 0.3 is 12.3 Å². The first-order chi connectivity index (χ1) is 18.0. The van der Waals surface area contributed by atoms with Crippen LogP contribution < -0.4 is 18.9 Å². The zero-order valence-electron chi connectivity index (χ0n) is 20.1. The molecule has 0 heterocycles. The lowest BCUT2D eigenvalue weighted by molar-refractivity contribution is -0.276. The van der Waals surface area contributed by atoms with E-state index >= 15 is 4.39 Å². The lowest BCUT2D eigenvalue weighted by atomic mass is 10.1. The van der Waals surface area contributed by atoms with Crippen molar-refractivity contribution in [2.45, 2.75) is 12.8 Å². The quantitative estimate of drug-likeness (QED) is 0.293. The van der Waals surface area contributed by atoms with Crippen molar-refractivity contribution in [2.24, 2.45) is 0 Å². The molecule has 1 N–H and O–H groups in total. The number of para-hydroxylation sites is 1. The first kappa shape index (κ1) is 22.6. The molecule has 0 aliphatic carbocycles. The summed E-state index contributed by atoms with van der Waals surface area (Å²) in [5.74, 6) is -13.3. The van der Waals surface area contributed by atoms with Gasteiger partial charge in [0.25, 0.3) is 6.43 Å². The molecule has 0 bridgehead atoms. The molecule has 0 saturated heterocycles. The van der Waals surface area contributed by atoms with Gasteiger partial charge in [-0.3, -0.25) is 0 Å². The molecule has 0 atom stereocenters. The van der Waals surface area contributed by atoms with Crippen molar-refractivity contribution in [2.75, 3.05) is 7.04 Å². The number of carboxylic acids is 1. The molecule has 3 rings (SSSR count). The van der Waals surface area contributed by atoms with Crippen LogP contribution in [0.15, 0.2) is 42.5 Å². The number of alkyl halides is 5. The molecule has 3 aromatic rings. The van der Waals surface area contributed by atoms with Crippen LogP contribution in [0.1, 0.15) is 26.5 Å².